The summed E-state index contributed by atoms with van der Waals surface area (Å²) in [6, 6.07) is 2.75. The smallest absolute Gasteiger partial charge is 0.0597 e. The van der Waals surface area contributed by atoms with Crippen molar-refractivity contribution in [1.82, 2.24) is 20.0 Å². The van der Waals surface area contributed by atoms with Gasteiger partial charge in [0.05, 0.1) is 11.4 Å². The Kier molecular flexibility index (Phi) is 3.27. The second kappa shape index (κ2) is 4.42. The first-order chi connectivity index (χ1) is 7.88. The average Bonchev–Trinajstić information content (AvgIpc) is 2.52. The Hall–Kier alpha value is -0.870. The molecule has 0 spiro atoms. The highest BCUT2D eigenvalue weighted by atomic mass is 15.3. The fourth-order valence-corrected chi connectivity index (χ4v) is 2.46. The minimum absolute atomic E-state index is 0.213. The molecular weight excluding hydrogens is 212 g/mol. The van der Waals surface area contributed by atoms with Crippen LogP contribution in [0, 0.1) is 6.92 Å². The van der Waals surface area contributed by atoms with Crippen molar-refractivity contribution in [3.05, 3.63) is 17.5 Å². The van der Waals surface area contributed by atoms with E-state index >= 15 is 0 Å². The molecule has 1 unspecified atom stereocenters. The fraction of sp³-hybridized carbons (Fsp3) is 0.769. The highest BCUT2D eigenvalue weighted by Crippen LogP contribution is 2.21. The van der Waals surface area contributed by atoms with Crippen molar-refractivity contribution in [1.29, 1.82) is 0 Å². The van der Waals surface area contributed by atoms with Crippen LogP contribution in [-0.4, -0.2) is 39.4 Å². The number of aryl methyl sites for hydroxylation is 2. The molecule has 1 atom stereocenters. The molecule has 17 heavy (non-hydrogen) atoms. The second-order valence-electron chi connectivity index (χ2n) is 5.88. The lowest BCUT2D eigenvalue weighted by molar-refractivity contribution is 0.0603. The van der Waals surface area contributed by atoms with E-state index in [1.54, 1.807) is 0 Å². The lowest BCUT2D eigenvalue weighted by Gasteiger charge is -2.45. The summed E-state index contributed by atoms with van der Waals surface area (Å²) < 4.78 is 2.00. The first-order valence-electron chi connectivity index (χ1n) is 6.36. The first-order valence-corrected chi connectivity index (χ1v) is 6.36. The van der Waals surface area contributed by atoms with Gasteiger partial charge < -0.3 is 5.32 Å². The number of hydrogen-bond donors (Lipinski definition) is 1. The molecule has 0 aliphatic carbocycles. The Morgan fingerprint density at radius 2 is 2.24 bits per heavy atom. The highest BCUT2D eigenvalue weighted by Gasteiger charge is 2.32. The molecule has 1 N–H and O–H groups in total. The van der Waals surface area contributed by atoms with E-state index < -0.39 is 0 Å². The van der Waals surface area contributed by atoms with Gasteiger partial charge in [-0.15, -0.1) is 0 Å². The van der Waals surface area contributed by atoms with E-state index in [2.05, 4.69) is 49.1 Å². The third kappa shape index (κ3) is 2.69. The standard InChI is InChI=1S/C13H24N4/c1-10-6-12(16(5)15-10)8-17-7-11(2)14-9-13(17,3)4/h6,11,14H,7-9H2,1-5H3. The molecule has 0 saturated carbocycles. The van der Waals surface area contributed by atoms with Crippen molar-refractivity contribution in [2.75, 3.05) is 13.1 Å². The number of aromatic nitrogens is 2. The van der Waals surface area contributed by atoms with Crippen molar-refractivity contribution < 1.29 is 0 Å². The van der Waals surface area contributed by atoms with Gasteiger partial charge in [0.15, 0.2) is 0 Å². The summed E-state index contributed by atoms with van der Waals surface area (Å²) in [5.41, 5.74) is 2.61. The van der Waals surface area contributed by atoms with Gasteiger partial charge >= 0.3 is 0 Å². The predicted octanol–water partition coefficient (Wildman–Crippen LogP) is 1.30. The Morgan fingerprint density at radius 3 is 2.82 bits per heavy atom. The van der Waals surface area contributed by atoms with E-state index in [9.17, 15) is 0 Å². The maximum Gasteiger partial charge on any atom is 0.0597 e. The summed E-state index contributed by atoms with van der Waals surface area (Å²) in [5, 5.41) is 7.96. The monoisotopic (exact) mass is 236 g/mol. The number of rotatable bonds is 2. The molecule has 2 rings (SSSR count). The zero-order valence-electron chi connectivity index (χ0n) is 11.6. The lowest BCUT2D eigenvalue weighted by Crippen LogP contribution is -2.60. The van der Waals surface area contributed by atoms with Gasteiger partial charge in [0.25, 0.3) is 0 Å². The zero-order valence-corrected chi connectivity index (χ0v) is 11.6. The number of nitrogens with one attached hydrogen (secondary N) is 1. The molecule has 1 saturated heterocycles. The predicted molar refractivity (Wildman–Crippen MR) is 69.9 cm³/mol. The quantitative estimate of drug-likeness (QED) is 0.840. The maximum atomic E-state index is 4.42. The molecule has 0 radical (unpaired) electrons. The van der Waals surface area contributed by atoms with Crippen LogP contribution >= 0.6 is 0 Å². The summed E-state index contributed by atoms with van der Waals surface area (Å²) >= 11 is 0. The van der Waals surface area contributed by atoms with Gasteiger partial charge in [-0.1, -0.05) is 0 Å². The minimum atomic E-state index is 0.213. The second-order valence-corrected chi connectivity index (χ2v) is 5.88. The van der Waals surface area contributed by atoms with Gasteiger partial charge in [0, 0.05) is 38.3 Å². The summed E-state index contributed by atoms with van der Waals surface area (Å²) in [6.45, 7) is 12.0. The third-order valence-electron chi connectivity index (χ3n) is 3.69. The Balaban J connectivity index is 2.13. The highest BCUT2D eigenvalue weighted by molar-refractivity contribution is 5.09. The molecule has 1 aliphatic rings. The molecule has 2 heterocycles. The molecule has 0 bridgehead atoms. The topological polar surface area (TPSA) is 33.1 Å². The van der Waals surface area contributed by atoms with Gasteiger partial charge in [-0.25, -0.2) is 0 Å². The van der Waals surface area contributed by atoms with Crippen molar-refractivity contribution in [3.63, 3.8) is 0 Å². The van der Waals surface area contributed by atoms with Crippen LogP contribution in [0.3, 0.4) is 0 Å². The van der Waals surface area contributed by atoms with E-state index in [1.807, 2.05) is 11.7 Å². The van der Waals surface area contributed by atoms with Crippen molar-refractivity contribution in [3.8, 4) is 0 Å². The summed E-state index contributed by atoms with van der Waals surface area (Å²) in [5.74, 6) is 0. The largest absolute Gasteiger partial charge is 0.311 e. The number of hydrogen-bond acceptors (Lipinski definition) is 3. The molecule has 0 amide bonds. The molecular formula is C13H24N4. The van der Waals surface area contributed by atoms with Gasteiger partial charge in [-0.2, -0.15) is 5.10 Å². The number of nitrogens with zero attached hydrogens (tertiary/aromatic N) is 3. The fourth-order valence-electron chi connectivity index (χ4n) is 2.46. The van der Waals surface area contributed by atoms with Crippen LogP contribution in [0.1, 0.15) is 32.2 Å². The number of piperazine rings is 1. The van der Waals surface area contributed by atoms with Crippen LogP contribution < -0.4 is 5.32 Å². The molecule has 4 heteroatoms. The Labute approximate surface area is 104 Å². The molecule has 1 aromatic rings. The van der Waals surface area contributed by atoms with Crippen LogP contribution in [0.5, 0.6) is 0 Å². The molecule has 1 aromatic heterocycles. The minimum Gasteiger partial charge on any atom is -0.311 e. The van der Waals surface area contributed by atoms with Crippen molar-refractivity contribution in [2.24, 2.45) is 7.05 Å². The lowest BCUT2D eigenvalue weighted by atomic mass is 9.97. The van der Waals surface area contributed by atoms with E-state index in [4.69, 9.17) is 0 Å². The molecule has 96 valence electrons. The normalized spacial score (nSPS) is 25.1. The SMILES string of the molecule is Cc1cc(CN2CC(C)NCC2(C)C)n(C)n1. The Morgan fingerprint density at radius 1 is 1.53 bits per heavy atom. The first kappa shape index (κ1) is 12.6. The van der Waals surface area contributed by atoms with E-state index in [-0.39, 0.29) is 5.54 Å². The van der Waals surface area contributed by atoms with E-state index in [0.717, 1.165) is 25.3 Å². The molecule has 4 nitrogen and oxygen atoms in total. The molecule has 1 aliphatic heterocycles. The third-order valence-corrected chi connectivity index (χ3v) is 3.69. The van der Waals surface area contributed by atoms with Gasteiger partial charge in [0.2, 0.25) is 0 Å². The van der Waals surface area contributed by atoms with Crippen LogP contribution in [0.25, 0.3) is 0 Å². The van der Waals surface area contributed by atoms with Crippen LogP contribution in [0.4, 0.5) is 0 Å². The zero-order chi connectivity index (χ0) is 12.6. The van der Waals surface area contributed by atoms with Crippen molar-refractivity contribution in [2.45, 2.75) is 45.8 Å². The van der Waals surface area contributed by atoms with Gasteiger partial charge in [0.1, 0.15) is 0 Å². The van der Waals surface area contributed by atoms with Crippen molar-refractivity contribution >= 4 is 0 Å². The van der Waals surface area contributed by atoms with E-state index in [0.29, 0.717) is 6.04 Å². The van der Waals surface area contributed by atoms with E-state index in [1.165, 1.54) is 5.69 Å². The van der Waals surface area contributed by atoms with Crippen LogP contribution in [-0.2, 0) is 13.6 Å². The average molecular weight is 236 g/mol. The van der Waals surface area contributed by atoms with Crippen LogP contribution in [0.2, 0.25) is 0 Å². The summed E-state index contributed by atoms with van der Waals surface area (Å²) in [4.78, 5) is 2.55. The summed E-state index contributed by atoms with van der Waals surface area (Å²) in [7, 11) is 2.03. The van der Waals surface area contributed by atoms with Gasteiger partial charge in [-0.3, -0.25) is 9.58 Å². The summed E-state index contributed by atoms with van der Waals surface area (Å²) in [6.07, 6.45) is 0. The molecule has 1 fully saturated rings. The van der Waals surface area contributed by atoms with Crippen LogP contribution in [0.15, 0.2) is 6.07 Å². The Bertz CT molecular complexity index is 394. The molecule has 0 aromatic carbocycles. The van der Waals surface area contributed by atoms with Gasteiger partial charge in [-0.05, 0) is 33.8 Å². The maximum absolute atomic E-state index is 4.42.